The highest BCUT2D eigenvalue weighted by Crippen LogP contribution is 1.70. The molecule has 0 saturated carbocycles. The molecule has 5 heteroatoms. The number of alkyl halides is 1. The summed E-state index contributed by atoms with van der Waals surface area (Å²) >= 11 is 5.19. The van der Waals surface area contributed by atoms with Gasteiger partial charge in [-0.15, -0.1) is 11.6 Å². The van der Waals surface area contributed by atoms with Gasteiger partial charge in [0.15, 0.2) is 0 Å². The fraction of sp³-hybridized carbons (Fsp3) is 0.500. The third-order valence-electron chi connectivity index (χ3n) is 0.502. The largest absolute Gasteiger partial charge is 0.452 e. The standard InChI is InChI=1S/C4H7ClN2O2/c1-9-4(8)7-6-3-2-5/h3H,2H2,1H3,(H,7,8)/b6-3-. The van der Waals surface area contributed by atoms with E-state index in [4.69, 9.17) is 11.6 Å². The highest BCUT2D eigenvalue weighted by molar-refractivity contribution is 6.24. The second kappa shape index (κ2) is 5.37. The summed E-state index contributed by atoms with van der Waals surface area (Å²) in [6.45, 7) is 0. The molecule has 0 aromatic heterocycles. The Morgan fingerprint density at radius 3 is 3.11 bits per heavy atom. The molecule has 0 aromatic rings. The molecule has 0 aliphatic carbocycles. The number of ether oxygens (including phenoxy) is 1. The summed E-state index contributed by atoms with van der Waals surface area (Å²) < 4.78 is 4.19. The maximum atomic E-state index is 10.2. The molecule has 0 aromatic carbocycles. The Labute approximate surface area is 57.8 Å². The number of hydrazone groups is 1. The van der Waals surface area contributed by atoms with Gasteiger partial charge in [0.2, 0.25) is 0 Å². The van der Waals surface area contributed by atoms with Gasteiger partial charge in [0, 0.05) is 6.21 Å². The Balaban J connectivity index is 3.26. The van der Waals surface area contributed by atoms with Crippen LogP contribution in [0.5, 0.6) is 0 Å². The summed E-state index contributed by atoms with van der Waals surface area (Å²) in [6.07, 6.45) is 0.745. The van der Waals surface area contributed by atoms with Gasteiger partial charge in [-0.1, -0.05) is 0 Å². The lowest BCUT2D eigenvalue weighted by Crippen LogP contribution is -2.16. The average molecular weight is 151 g/mol. The molecule has 0 aliphatic rings. The first kappa shape index (κ1) is 8.23. The lowest BCUT2D eigenvalue weighted by molar-refractivity contribution is 0.171. The SMILES string of the molecule is COC(=O)N/N=C\CCl. The number of carbonyl (C=O) groups is 1. The lowest BCUT2D eigenvalue weighted by atomic mass is 10.9. The number of nitrogens with one attached hydrogen (secondary N) is 1. The van der Waals surface area contributed by atoms with Gasteiger partial charge in [-0.2, -0.15) is 5.10 Å². The van der Waals surface area contributed by atoms with Gasteiger partial charge in [0.1, 0.15) is 0 Å². The third kappa shape index (κ3) is 5.10. The number of halogens is 1. The van der Waals surface area contributed by atoms with E-state index < -0.39 is 6.09 Å². The van der Waals surface area contributed by atoms with Gasteiger partial charge in [-0.3, -0.25) is 0 Å². The van der Waals surface area contributed by atoms with E-state index in [-0.39, 0.29) is 5.88 Å². The topological polar surface area (TPSA) is 50.7 Å². The molecule has 0 rings (SSSR count). The average Bonchev–Trinajstić information content (AvgIpc) is 1.89. The van der Waals surface area contributed by atoms with E-state index in [1.54, 1.807) is 0 Å². The number of amides is 1. The fourth-order valence-electron chi connectivity index (χ4n) is 0.178. The molecule has 1 N–H and O–H groups in total. The molecule has 1 amide bonds. The van der Waals surface area contributed by atoms with Crippen molar-refractivity contribution in [3.05, 3.63) is 0 Å². The van der Waals surface area contributed by atoms with Crippen molar-refractivity contribution < 1.29 is 9.53 Å². The van der Waals surface area contributed by atoms with Crippen molar-refractivity contribution >= 4 is 23.9 Å². The summed E-state index contributed by atoms with van der Waals surface area (Å²) in [5.74, 6) is 0.268. The van der Waals surface area contributed by atoms with Crippen LogP contribution in [0.4, 0.5) is 4.79 Å². The molecule has 52 valence electrons. The quantitative estimate of drug-likeness (QED) is 0.355. The first-order valence-corrected chi connectivity index (χ1v) is 2.76. The molecule has 0 spiro atoms. The van der Waals surface area contributed by atoms with Crippen molar-refractivity contribution in [1.29, 1.82) is 0 Å². The minimum Gasteiger partial charge on any atom is -0.452 e. The number of rotatable bonds is 2. The van der Waals surface area contributed by atoms with Gasteiger partial charge in [-0.25, -0.2) is 10.2 Å². The van der Waals surface area contributed by atoms with Crippen molar-refractivity contribution in [2.24, 2.45) is 5.10 Å². The highest BCUT2D eigenvalue weighted by Gasteiger charge is 1.90. The van der Waals surface area contributed by atoms with Gasteiger partial charge in [0.25, 0.3) is 0 Å². The fourth-order valence-corrected chi connectivity index (χ4v) is 0.248. The third-order valence-corrected chi connectivity index (χ3v) is 0.640. The molecule has 9 heavy (non-hydrogen) atoms. The molecule has 4 nitrogen and oxygen atoms in total. The first-order chi connectivity index (χ1) is 4.31. The lowest BCUT2D eigenvalue weighted by Gasteiger charge is -1.92. The highest BCUT2D eigenvalue weighted by atomic mass is 35.5. The van der Waals surface area contributed by atoms with Crippen LogP contribution in [0.1, 0.15) is 0 Å². The van der Waals surface area contributed by atoms with E-state index in [1.165, 1.54) is 13.3 Å². The van der Waals surface area contributed by atoms with E-state index in [0.29, 0.717) is 0 Å². The van der Waals surface area contributed by atoms with Crippen LogP contribution in [0.25, 0.3) is 0 Å². The number of nitrogens with zero attached hydrogens (tertiary/aromatic N) is 1. The van der Waals surface area contributed by atoms with Crippen molar-refractivity contribution in [2.45, 2.75) is 0 Å². The maximum absolute atomic E-state index is 10.2. The van der Waals surface area contributed by atoms with Gasteiger partial charge in [-0.05, 0) is 0 Å². The Bertz CT molecular complexity index is 115. The zero-order valence-electron chi connectivity index (χ0n) is 4.93. The normalized spacial score (nSPS) is 9.56. The Morgan fingerprint density at radius 2 is 2.67 bits per heavy atom. The van der Waals surface area contributed by atoms with Crippen molar-refractivity contribution in [3.8, 4) is 0 Å². The van der Waals surface area contributed by atoms with Crippen molar-refractivity contribution in [2.75, 3.05) is 13.0 Å². The zero-order chi connectivity index (χ0) is 7.11. The van der Waals surface area contributed by atoms with Crippen LogP contribution in [0.2, 0.25) is 0 Å². The summed E-state index contributed by atoms with van der Waals surface area (Å²) in [6, 6.07) is 0. The maximum Gasteiger partial charge on any atom is 0.427 e. The Kier molecular flexibility index (Phi) is 4.91. The van der Waals surface area contributed by atoms with Crippen LogP contribution in [0.15, 0.2) is 5.10 Å². The summed E-state index contributed by atoms with van der Waals surface area (Å²) in [5, 5.41) is 3.38. The van der Waals surface area contributed by atoms with E-state index in [0.717, 1.165) is 0 Å². The molecular weight excluding hydrogens is 144 g/mol. The number of hydrogen-bond donors (Lipinski definition) is 1. The number of carbonyl (C=O) groups excluding carboxylic acids is 1. The Morgan fingerprint density at radius 1 is 2.00 bits per heavy atom. The predicted octanol–water partition coefficient (Wildman–Crippen LogP) is 0.567. The summed E-state index contributed by atoms with van der Waals surface area (Å²) in [4.78, 5) is 10.2. The molecule has 0 atom stereocenters. The molecule has 0 bridgehead atoms. The van der Waals surface area contributed by atoms with Crippen molar-refractivity contribution in [3.63, 3.8) is 0 Å². The Hall–Kier alpha value is -0.770. The molecule has 0 aliphatic heterocycles. The molecule has 0 fully saturated rings. The van der Waals surface area contributed by atoms with E-state index in [2.05, 4.69) is 15.3 Å². The van der Waals surface area contributed by atoms with Crippen LogP contribution in [0.3, 0.4) is 0 Å². The van der Waals surface area contributed by atoms with E-state index >= 15 is 0 Å². The first-order valence-electron chi connectivity index (χ1n) is 2.22. The minimum absolute atomic E-state index is 0.268. The summed E-state index contributed by atoms with van der Waals surface area (Å²) in [7, 11) is 1.26. The van der Waals surface area contributed by atoms with Crippen LogP contribution < -0.4 is 5.43 Å². The van der Waals surface area contributed by atoms with Crippen LogP contribution in [-0.4, -0.2) is 25.3 Å². The second-order valence-corrected chi connectivity index (χ2v) is 1.38. The van der Waals surface area contributed by atoms with E-state index in [9.17, 15) is 4.79 Å². The van der Waals surface area contributed by atoms with Crippen LogP contribution in [0, 0.1) is 0 Å². The van der Waals surface area contributed by atoms with Gasteiger partial charge >= 0.3 is 6.09 Å². The van der Waals surface area contributed by atoms with E-state index in [1.807, 2.05) is 0 Å². The molecular formula is C4H7ClN2O2. The molecule has 0 radical (unpaired) electrons. The summed E-state index contributed by atoms with van der Waals surface area (Å²) in [5.41, 5.74) is 2.06. The van der Waals surface area contributed by atoms with Crippen molar-refractivity contribution in [1.82, 2.24) is 5.43 Å². The predicted molar refractivity (Wildman–Crippen MR) is 34.8 cm³/mol. The van der Waals surface area contributed by atoms with Gasteiger partial charge in [0.05, 0.1) is 13.0 Å². The molecule has 0 saturated heterocycles. The second-order valence-electron chi connectivity index (χ2n) is 1.07. The minimum atomic E-state index is -0.601. The molecule has 0 unspecified atom stereocenters. The smallest absolute Gasteiger partial charge is 0.427 e. The van der Waals surface area contributed by atoms with Crippen LogP contribution >= 0.6 is 11.6 Å². The van der Waals surface area contributed by atoms with Gasteiger partial charge < -0.3 is 4.74 Å². The monoisotopic (exact) mass is 150 g/mol. The van der Waals surface area contributed by atoms with Crippen LogP contribution in [-0.2, 0) is 4.74 Å². The number of hydrogen-bond acceptors (Lipinski definition) is 3. The zero-order valence-corrected chi connectivity index (χ0v) is 5.68. The number of methoxy groups -OCH3 is 1. The molecule has 0 heterocycles.